The Kier molecular flexibility index (Phi) is 9.05. The Bertz CT molecular complexity index is 1820. The van der Waals surface area contributed by atoms with Crippen LogP contribution < -0.4 is 10.2 Å². The van der Waals surface area contributed by atoms with Crippen molar-refractivity contribution in [3.05, 3.63) is 118 Å². The second kappa shape index (κ2) is 12.8. The van der Waals surface area contributed by atoms with Gasteiger partial charge < -0.3 is 9.73 Å². The highest BCUT2D eigenvalue weighted by Crippen LogP contribution is 2.37. The lowest BCUT2D eigenvalue weighted by Crippen LogP contribution is -2.32. The molecule has 2 amide bonds. The number of hydrogen-bond acceptors (Lipinski definition) is 6. The summed E-state index contributed by atoms with van der Waals surface area (Å²) in [6, 6.07) is 30.3. The minimum Gasteiger partial charge on any atom is -0.440 e. The van der Waals surface area contributed by atoms with E-state index >= 15 is 0 Å². The number of rotatable bonds is 10. The molecule has 228 valence electrons. The molecule has 44 heavy (non-hydrogen) atoms. The highest BCUT2D eigenvalue weighted by molar-refractivity contribution is 7.85. The fourth-order valence-electron chi connectivity index (χ4n) is 4.93. The third-order valence-electron chi connectivity index (χ3n) is 7.30. The molecule has 0 fully saturated rings. The van der Waals surface area contributed by atoms with Gasteiger partial charge in [-0.1, -0.05) is 75.4 Å². The number of amides is 2. The first kappa shape index (κ1) is 31.2. The third-order valence-corrected chi connectivity index (χ3v) is 9.12. The zero-order valence-corrected chi connectivity index (χ0v) is 26.3. The molecule has 2 N–H and O–H groups in total. The molecule has 0 radical (unpaired) electrons. The molecule has 1 atom stereocenters. The molecular weight excluding hydrogens is 597 g/mol. The predicted octanol–water partition coefficient (Wildman–Crippen LogP) is 7.05. The molecule has 1 aromatic heterocycles. The molecule has 1 unspecified atom stereocenters. The molecule has 0 saturated heterocycles. The molecule has 5 rings (SSSR count). The van der Waals surface area contributed by atoms with Crippen molar-refractivity contribution in [3.8, 4) is 11.3 Å². The second-order valence-electron chi connectivity index (χ2n) is 11.6. The summed E-state index contributed by atoms with van der Waals surface area (Å²) >= 11 is 1.23. The first-order valence-corrected chi connectivity index (χ1v) is 16.6. The Morgan fingerprint density at radius 3 is 2.32 bits per heavy atom. The Morgan fingerprint density at radius 2 is 1.64 bits per heavy atom. The minimum atomic E-state index is -4.19. The first-order valence-electron chi connectivity index (χ1n) is 14.2. The summed E-state index contributed by atoms with van der Waals surface area (Å²) in [5.41, 5.74) is 3.50. The summed E-state index contributed by atoms with van der Waals surface area (Å²) < 4.78 is 37.2. The van der Waals surface area contributed by atoms with E-state index in [1.165, 1.54) is 11.3 Å². The summed E-state index contributed by atoms with van der Waals surface area (Å²) in [6.45, 7) is 6.20. The van der Waals surface area contributed by atoms with Gasteiger partial charge in [0.2, 0.25) is 11.8 Å². The number of anilines is 2. The van der Waals surface area contributed by atoms with Gasteiger partial charge in [-0.05, 0) is 59.4 Å². The predicted molar refractivity (Wildman–Crippen MR) is 174 cm³/mol. The average Bonchev–Trinajstić information content (AvgIpc) is 3.65. The van der Waals surface area contributed by atoms with Crippen molar-refractivity contribution in [2.24, 2.45) is 0 Å². The van der Waals surface area contributed by atoms with Crippen LogP contribution in [-0.4, -0.2) is 37.1 Å². The van der Waals surface area contributed by atoms with Gasteiger partial charge in [-0.3, -0.25) is 19.0 Å². The molecule has 2 heterocycles. The van der Waals surface area contributed by atoms with Crippen molar-refractivity contribution in [2.45, 2.75) is 38.5 Å². The summed E-state index contributed by atoms with van der Waals surface area (Å²) in [5, 5.41) is 2.52. The lowest BCUT2D eigenvalue weighted by molar-refractivity contribution is -0.119. The molecule has 0 saturated carbocycles. The van der Waals surface area contributed by atoms with E-state index < -0.39 is 27.7 Å². The van der Waals surface area contributed by atoms with Crippen molar-refractivity contribution in [3.63, 3.8) is 0 Å². The van der Waals surface area contributed by atoms with E-state index in [0.717, 1.165) is 21.6 Å². The molecule has 8 nitrogen and oxygen atoms in total. The molecule has 0 bridgehead atoms. The molecule has 2 aromatic carbocycles. The van der Waals surface area contributed by atoms with Gasteiger partial charge in [0.05, 0.1) is 22.2 Å². The van der Waals surface area contributed by atoms with E-state index in [1.807, 2.05) is 78.9 Å². The van der Waals surface area contributed by atoms with E-state index in [4.69, 9.17) is 8.97 Å². The number of fused-ring (bicyclic) bond motifs is 1. The van der Waals surface area contributed by atoms with Gasteiger partial charge in [-0.2, -0.15) is 8.42 Å². The maximum Gasteiger partial charge on any atom is 0.266 e. The number of carbonyl (C=O) groups excluding carboxylic acids is 2. The highest BCUT2D eigenvalue weighted by Gasteiger charge is 2.31. The average molecular weight is 631 g/mol. The van der Waals surface area contributed by atoms with E-state index in [9.17, 15) is 18.0 Å². The number of hydrogen-bond donors (Lipinski definition) is 2. The smallest absolute Gasteiger partial charge is 0.266 e. The molecule has 1 aliphatic heterocycles. The van der Waals surface area contributed by atoms with Crippen LogP contribution in [0.15, 0.2) is 101 Å². The van der Waals surface area contributed by atoms with Gasteiger partial charge in [0.25, 0.3) is 16.0 Å². The van der Waals surface area contributed by atoms with Crippen molar-refractivity contribution in [1.82, 2.24) is 5.32 Å². The maximum absolute atomic E-state index is 14.7. The summed E-state index contributed by atoms with van der Waals surface area (Å²) in [4.78, 5) is 30.1. The van der Waals surface area contributed by atoms with E-state index in [0.29, 0.717) is 28.6 Å². The molecule has 0 spiro atoms. The highest BCUT2D eigenvalue weighted by atomic mass is 32.2. The van der Waals surface area contributed by atoms with Gasteiger partial charge in [-0.25, -0.2) is 0 Å². The normalized spacial score (nSPS) is 12.6. The van der Waals surface area contributed by atoms with Crippen LogP contribution in [0.25, 0.3) is 11.3 Å². The largest absolute Gasteiger partial charge is 0.440 e. The van der Waals surface area contributed by atoms with Crippen molar-refractivity contribution in [1.29, 1.82) is 0 Å². The quantitative estimate of drug-likeness (QED) is 0.160. The molecule has 3 aromatic rings. The maximum atomic E-state index is 14.7. The number of nitrogens with one attached hydrogen (secondary N) is 1. The van der Waals surface area contributed by atoms with Crippen LogP contribution in [0.1, 0.15) is 52.4 Å². The van der Waals surface area contributed by atoms with E-state index in [1.54, 1.807) is 23.1 Å². The van der Waals surface area contributed by atoms with Crippen LogP contribution in [0.5, 0.6) is 0 Å². The minimum absolute atomic E-state index is 0.0622. The van der Waals surface area contributed by atoms with Crippen LogP contribution in [0.3, 0.4) is 0 Å². The summed E-state index contributed by atoms with van der Waals surface area (Å²) in [7, 11) is -4.19. The second-order valence-corrected chi connectivity index (χ2v) is 14.3. The summed E-state index contributed by atoms with van der Waals surface area (Å²) in [6.07, 6.45) is 0.318. The number of para-hydroxylation sites is 1. The van der Waals surface area contributed by atoms with Crippen LogP contribution in [0, 0.1) is 0 Å². The van der Waals surface area contributed by atoms with Crippen molar-refractivity contribution < 1.29 is 27.0 Å². The molecule has 1 aliphatic carbocycles. The monoisotopic (exact) mass is 630 g/mol. The zero-order chi connectivity index (χ0) is 31.5. The van der Waals surface area contributed by atoms with Crippen LogP contribution in [-0.2, 0) is 26.7 Å². The fourth-order valence-corrected chi connectivity index (χ4v) is 6.26. The van der Waals surface area contributed by atoms with Gasteiger partial charge in [0, 0.05) is 23.1 Å². The topological polar surface area (TPSA) is 117 Å². The first-order chi connectivity index (χ1) is 20.9. The Morgan fingerprint density at radius 1 is 0.909 bits per heavy atom. The molecule has 2 aliphatic rings. The van der Waals surface area contributed by atoms with E-state index in [2.05, 4.69) is 26.1 Å². The number of nitrogens with zero attached hydrogens (tertiary/aromatic N) is 1. The van der Waals surface area contributed by atoms with Gasteiger partial charge >= 0.3 is 0 Å². The van der Waals surface area contributed by atoms with Crippen LogP contribution >= 0.6 is 11.3 Å². The van der Waals surface area contributed by atoms with Crippen LogP contribution in [0.4, 0.5) is 11.6 Å². The number of benzene rings is 2. The Hall–Kier alpha value is -4.25. The van der Waals surface area contributed by atoms with Gasteiger partial charge in [0.15, 0.2) is 0 Å². The number of carbonyl (C=O) groups is 2. The standard InChI is InChI=1S/C34H34N2O6S2/c1-34(2,3)25-15-12-23(13-16-25)28(22-27-17-18-30(43-27)32(37)35-20-21-44(39,40)41)33(38)36(26-9-5-4-6-10-26)31-19-14-24-8-7-11-29(24)42-31/h4-19,28H,20-22H2,1-3H3,(H,35,37)(H,39,40,41). The third kappa shape index (κ3) is 7.45. The van der Waals surface area contributed by atoms with E-state index in [-0.39, 0.29) is 17.9 Å². The lowest BCUT2D eigenvalue weighted by Gasteiger charge is -2.27. The van der Waals surface area contributed by atoms with Crippen molar-refractivity contribution >= 4 is 44.8 Å². The fraction of sp³-hybridized carbons (Fsp3) is 0.235. The number of thiophene rings is 1. The Balaban J connectivity index is 1.51. The van der Waals surface area contributed by atoms with Gasteiger partial charge in [-0.15, -0.1) is 11.3 Å². The van der Waals surface area contributed by atoms with Gasteiger partial charge in [0.1, 0.15) is 5.76 Å². The van der Waals surface area contributed by atoms with Crippen molar-refractivity contribution in [2.75, 3.05) is 17.2 Å². The zero-order valence-electron chi connectivity index (χ0n) is 24.7. The summed E-state index contributed by atoms with van der Waals surface area (Å²) in [5.74, 6) is -0.776. The molecule has 10 heteroatoms. The lowest BCUT2D eigenvalue weighted by atomic mass is 9.84. The molecular formula is C34H34N2O6S2. The Labute approximate surface area is 261 Å². The SMILES string of the molecule is CC(C)(C)c1ccc(C(Cc2ccc(C(=O)NCCS(=O)(=O)O)s2)C(=O)N(c2ccccc2)c2ccc3cccc-3o2)cc1. The van der Waals surface area contributed by atoms with Crippen LogP contribution in [0.2, 0.25) is 0 Å².